The smallest absolute Gasteiger partial charge is 0.315 e. The number of nitro groups is 1. The Morgan fingerprint density at radius 2 is 2.04 bits per heavy atom. The lowest BCUT2D eigenvalue weighted by atomic mass is 9.67. The second kappa shape index (κ2) is 7.13. The van der Waals surface area contributed by atoms with Crippen LogP contribution in [0.1, 0.15) is 45.1 Å². The maximum Gasteiger partial charge on any atom is 0.315 e. The first kappa shape index (κ1) is 20.2. The summed E-state index contributed by atoms with van der Waals surface area (Å²) in [7, 11) is 1.26. The number of Topliss-reactive ketones (excluding diaryl/α,β-unsaturated/α-hetero) is 1. The lowest BCUT2D eigenvalue weighted by Crippen LogP contribution is -2.39. The Morgan fingerprint density at radius 1 is 1.36 bits per heavy atom. The minimum Gasteiger partial charge on any atom is -0.468 e. The third kappa shape index (κ3) is 3.46. The van der Waals surface area contributed by atoms with Crippen molar-refractivity contribution in [3.63, 3.8) is 0 Å². The molecule has 1 aliphatic carbocycles. The summed E-state index contributed by atoms with van der Waals surface area (Å²) in [6.45, 7) is 5.68. The number of hydrogen-bond acceptors (Lipinski definition) is 6. The number of methoxy groups -OCH3 is 1. The molecule has 0 spiro atoms. The van der Waals surface area contributed by atoms with Gasteiger partial charge in [0.05, 0.1) is 12.0 Å². The maximum absolute atomic E-state index is 13.1. The predicted octanol–water partition coefficient (Wildman–Crippen LogP) is 4.24. The molecule has 8 heteroatoms. The lowest BCUT2D eigenvalue weighted by Gasteiger charge is -2.39. The molecule has 1 aromatic carbocycles. The van der Waals surface area contributed by atoms with Gasteiger partial charge in [-0.2, -0.15) is 0 Å². The highest BCUT2D eigenvalue weighted by Gasteiger charge is 2.46. The molecule has 1 heterocycles. The minimum atomic E-state index is -0.867. The zero-order valence-electron chi connectivity index (χ0n) is 16.1. The van der Waals surface area contributed by atoms with E-state index >= 15 is 0 Å². The van der Waals surface area contributed by atoms with Crippen LogP contribution >= 0.6 is 11.6 Å². The van der Waals surface area contributed by atoms with Crippen LogP contribution < -0.4 is 0 Å². The average Bonchev–Trinajstić information content (AvgIpc) is 2.59. The number of aliphatic imine (C=N–C) groups is 1. The Balaban J connectivity index is 2.27. The number of nitro benzene ring substituents is 1. The monoisotopic (exact) mass is 404 g/mol. The SMILES string of the molecule is COC(=O)C1C(C)=NC2=C(C(=O)CC(C)(C)C2)[C@H]1c1cc([N+](=O)[O-])ccc1Cl. The van der Waals surface area contributed by atoms with Crippen LogP contribution in [0.4, 0.5) is 5.69 Å². The summed E-state index contributed by atoms with van der Waals surface area (Å²) in [5.41, 5.74) is 1.47. The number of esters is 1. The van der Waals surface area contributed by atoms with Crippen LogP contribution in [-0.4, -0.2) is 29.5 Å². The Hall–Kier alpha value is -2.54. The van der Waals surface area contributed by atoms with Gasteiger partial charge in [0.15, 0.2) is 5.78 Å². The Labute approximate surface area is 167 Å². The van der Waals surface area contributed by atoms with Crippen molar-refractivity contribution in [3.8, 4) is 0 Å². The molecule has 1 unspecified atom stereocenters. The molecule has 2 atom stereocenters. The van der Waals surface area contributed by atoms with Crippen molar-refractivity contribution in [2.75, 3.05) is 7.11 Å². The van der Waals surface area contributed by atoms with Crippen molar-refractivity contribution >= 4 is 34.8 Å². The summed E-state index contributed by atoms with van der Waals surface area (Å²) in [6.07, 6.45) is 0.875. The molecule has 0 amide bonds. The average molecular weight is 405 g/mol. The summed E-state index contributed by atoms with van der Waals surface area (Å²) >= 11 is 6.38. The number of benzene rings is 1. The molecular formula is C20H21ClN2O5. The number of rotatable bonds is 3. The van der Waals surface area contributed by atoms with Crippen LogP contribution in [0.3, 0.4) is 0 Å². The summed E-state index contributed by atoms with van der Waals surface area (Å²) in [6, 6.07) is 4.05. The van der Waals surface area contributed by atoms with Gasteiger partial charge in [-0.1, -0.05) is 25.4 Å². The van der Waals surface area contributed by atoms with Gasteiger partial charge in [-0.25, -0.2) is 0 Å². The van der Waals surface area contributed by atoms with Crippen molar-refractivity contribution in [2.45, 2.75) is 39.5 Å². The number of halogens is 1. The number of ketones is 1. The van der Waals surface area contributed by atoms with E-state index in [9.17, 15) is 19.7 Å². The molecule has 7 nitrogen and oxygen atoms in total. The van der Waals surface area contributed by atoms with Gasteiger partial charge >= 0.3 is 5.97 Å². The number of carbonyl (C=O) groups excluding carboxylic acids is 2. The number of hydrogen-bond donors (Lipinski definition) is 0. The van der Waals surface area contributed by atoms with E-state index in [-0.39, 0.29) is 21.9 Å². The minimum absolute atomic E-state index is 0.121. The van der Waals surface area contributed by atoms with Crippen LogP contribution in [-0.2, 0) is 14.3 Å². The van der Waals surface area contributed by atoms with Crippen molar-refractivity contribution in [2.24, 2.45) is 16.3 Å². The molecule has 148 valence electrons. The molecule has 0 bridgehead atoms. The third-order valence-corrected chi connectivity index (χ3v) is 5.63. The lowest BCUT2D eigenvalue weighted by molar-refractivity contribution is -0.384. The van der Waals surface area contributed by atoms with Crippen molar-refractivity contribution in [1.29, 1.82) is 0 Å². The van der Waals surface area contributed by atoms with Gasteiger partial charge in [-0.05, 0) is 30.4 Å². The van der Waals surface area contributed by atoms with Gasteiger partial charge in [-0.3, -0.25) is 24.7 Å². The molecule has 0 N–H and O–H groups in total. The Bertz CT molecular complexity index is 948. The Kier molecular flexibility index (Phi) is 5.14. The van der Waals surface area contributed by atoms with Crippen LogP contribution in [0.25, 0.3) is 0 Å². The van der Waals surface area contributed by atoms with Crippen LogP contribution in [0.15, 0.2) is 34.5 Å². The fraction of sp³-hybridized carbons (Fsp3) is 0.450. The Morgan fingerprint density at radius 3 is 2.64 bits per heavy atom. The predicted molar refractivity (Wildman–Crippen MR) is 105 cm³/mol. The normalized spacial score (nSPS) is 23.8. The van der Waals surface area contributed by atoms with Crippen molar-refractivity contribution in [3.05, 3.63) is 50.2 Å². The zero-order valence-corrected chi connectivity index (χ0v) is 16.9. The van der Waals surface area contributed by atoms with Gasteiger partial charge in [0, 0.05) is 46.5 Å². The number of allylic oxidation sites excluding steroid dienone is 2. The van der Waals surface area contributed by atoms with E-state index in [4.69, 9.17) is 16.3 Å². The van der Waals surface area contributed by atoms with Crippen LogP contribution in [0.5, 0.6) is 0 Å². The molecule has 1 aromatic rings. The molecular weight excluding hydrogens is 384 g/mol. The van der Waals surface area contributed by atoms with E-state index < -0.39 is 22.7 Å². The molecule has 3 rings (SSSR count). The fourth-order valence-electron chi connectivity index (χ4n) is 4.10. The van der Waals surface area contributed by atoms with Crippen molar-refractivity contribution < 1.29 is 19.2 Å². The summed E-state index contributed by atoms with van der Waals surface area (Å²) in [5.74, 6) is -2.31. The molecule has 0 fully saturated rings. The molecule has 1 aliphatic heterocycles. The van der Waals surface area contributed by atoms with E-state index in [0.29, 0.717) is 35.4 Å². The number of ether oxygens (including phenoxy) is 1. The molecule has 0 aromatic heterocycles. The van der Waals surface area contributed by atoms with E-state index in [0.717, 1.165) is 0 Å². The molecule has 0 saturated heterocycles. The quantitative estimate of drug-likeness (QED) is 0.426. The first-order chi connectivity index (χ1) is 13.1. The van der Waals surface area contributed by atoms with Crippen LogP contribution in [0.2, 0.25) is 5.02 Å². The van der Waals surface area contributed by atoms with Gasteiger partial charge < -0.3 is 4.74 Å². The van der Waals surface area contributed by atoms with E-state index in [1.807, 2.05) is 13.8 Å². The molecule has 28 heavy (non-hydrogen) atoms. The fourth-order valence-corrected chi connectivity index (χ4v) is 4.33. The van der Waals surface area contributed by atoms with E-state index in [1.165, 1.54) is 25.3 Å². The number of non-ortho nitro benzene ring substituents is 1. The highest BCUT2D eigenvalue weighted by Crippen LogP contribution is 2.49. The van der Waals surface area contributed by atoms with Crippen molar-refractivity contribution in [1.82, 2.24) is 0 Å². The number of nitrogens with zero attached hydrogens (tertiary/aromatic N) is 2. The molecule has 0 saturated carbocycles. The number of carbonyl (C=O) groups is 2. The van der Waals surface area contributed by atoms with Gasteiger partial charge in [-0.15, -0.1) is 0 Å². The van der Waals surface area contributed by atoms with E-state index in [2.05, 4.69) is 4.99 Å². The van der Waals surface area contributed by atoms with Gasteiger partial charge in [0.2, 0.25) is 0 Å². The third-order valence-electron chi connectivity index (χ3n) is 5.28. The van der Waals surface area contributed by atoms with Gasteiger partial charge in [0.25, 0.3) is 5.69 Å². The highest BCUT2D eigenvalue weighted by atomic mass is 35.5. The molecule has 2 aliphatic rings. The summed E-state index contributed by atoms with van der Waals surface area (Å²) in [4.78, 5) is 41.0. The summed E-state index contributed by atoms with van der Waals surface area (Å²) in [5, 5.41) is 11.5. The largest absolute Gasteiger partial charge is 0.468 e. The second-order valence-corrected chi connectivity index (χ2v) is 8.40. The second-order valence-electron chi connectivity index (χ2n) is 8.00. The van der Waals surface area contributed by atoms with E-state index in [1.54, 1.807) is 6.92 Å². The first-order valence-electron chi connectivity index (χ1n) is 8.89. The highest BCUT2D eigenvalue weighted by molar-refractivity contribution is 6.31. The topological polar surface area (TPSA) is 98.9 Å². The first-order valence-corrected chi connectivity index (χ1v) is 9.26. The standard InChI is InChI=1S/C20H21ClN2O5/c1-10-16(19(25)28-4)17(12-7-11(23(26)27)5-6-13(12)21)18-14(22-10)8-20(2,3)9-15(18)24/h5-7,16-17H,8-9H2,1-4H3/t16?,17-/m0/s1. The molecule has 0 radical (unpaired) electrons. The summed E-state index contributed by atoms with van der Waals surface area (Å²) < 4.78 is 4.95. The zero-order chi connectivity index (χ0) is 20.8. The van der Waals surface area contributed by atoms with Crippen LogP contribution in [0, 0.1) is 21.4 Å². The van der Waals surface area contributed by atoms with Gasteiger partial charge in [0.1, 0.15) is 5.92 Å². The maximum atomic E-state index is 13.1.